The number of nitrogens with one attached hydrogen (secondary N) is 2. The number of carbonyl (C=O) groups is 1. The van der Waals surface area contributed by atoms with E-state index in [1.54, 1.807) is 30.5 Å². The topological polar surface area (TPSA) is 117 Å². The Balaban J connectivity index is 1.75. The van der Waals surface area contributed by atoms with Crippen LogP contribution in [0, 0.1) is 12.8 Å². The molecule has 0 radical (unpaired) electrons. The maximum Gasteiger partial charge on any atom is 0.407 e. The van der Waals surface area contributed by atoms with Crippen molar-refractivity contribution >= 4 is 27.1 Å². The van der Waals surface area contributed by atoms with E-state index in [0.717, 1.165) is 28.1 Å². The van der Waals surface area contributed by atoms with Crippen LogP contribution in [0.25, 0.3) is 11.0 Å². The molecule has 35 heavy (non-hydrogen) atoms. The minimum Gasteiger partial charge on any atom is -0.448 e. The number of imidazole rings is 1. The van der Waals surface area contributed by atoms with Gasteiger partial charge in [-0.15, -0.1) is 0 Å². The van der Waals surface area contributed by atoms with Gasteiger partial charge < -0.3 is 15.0 Å². The van der Waals surface area contributed by atoms with Crippen LogP contribution in [0.1, 0.15) is 51.2 Å². The fourth-order valence-electron chi connectivity index (χ4n) is 3.89. The highest BCUT2D eigenvalue weighted by Gasteiger charge is 2.29. The first kappa shape index (κ1) is 26.6. The van der Waals surface area contributed by atoms with Crippen molar-refractivity contribution < 1.29 is 17.9 Å². The van der Waals surface area contributed by atoms with E-state index in [1.807, 2.05) is 40.7 Å². The number of aromatic nitrogens is 3. The summed E-state index contributed by atoms with van der Waals surface area (Å²) in [6.07, 6.45) is 2.27. The largest absolute Gasteiger partial charge is 0.448 e. The minimum atomic E-state index is -3.79. The van der Waals surface area contributed by atoms with Gasteiger partial charge in [0.2, 0.25) is 10.0 Å². The van der Waals surface area contributed by atoms with E-state index in [1.165, 1.54) is 11.4 Å². The Morgan fingerprint density at radius 3 is 2.46 bits per heavy atom. The Labute approximate surface area is 207 Å². The van der Waals surface area contributed by atoms with Gasteiger partial charge in [-0.05, 0) is 56.9 Å². The number of alkyl carbamates (subject to hydrolysis) is 1. The number of rotatable bonds is 10. The quantitative estimate of drug-likeness (QED) is 0.433. The van der Waals surface area contributed by atoms with Crippen molar-refractivity contribution in [2.45, 2.75) is 64.4 Å². The number of pyridine rings is 1. The Kier molecular flexibility index (Phi) is 8.50. The molecule has 9 nitrogen and oxygen atoms in total. The summed E-state index contributed by atoms with van der Waals surface area (Å²) >= 11 is 0. The molecule has 0 unspecified atom stereocenters. The number of amides is 1. The van der Waals surface area contributed by atoms with Crippen molar-refractivity contribution in [2.24, 2.45) is 5.92 Å². The molecule has 1 atom stereocenters. The van der Waals surface area contributed by atoms with E-state index in [-0.39, 0.29) is 23.5 Å². The van der Waals surface area contributed by atoms with Crippen LogP contribution < -0.4 is 5.32 Å². The lowest BCUT2D eigenvalue weighted by Gasteiger charge is -2.28. The van der Waals surface area contributed by atoms with E-state index in [2.05, 4.69) is 20.3 Å². The summed E-state index contributed by atoms with van der Waals surface area (Å²) < 4.78 is 33.4. The highest BCUT2D eigenvalue weighted by molar-refractivity contribution is 7.89. The average Bonchev–Trinajstić information content (AvgIpc) is 3.17. The van der Waals surface area contributed by atoms with E-state index >= 15 is 0 Å². The summed E-state index contributed by atoms with van der Waals surface area (Å²) in [6, 6.07) is 8.14. The number of ether oxygens (including phenoxy) is 1. The van der Waals surface area contributed by atoms with Crippen molar-refractivity contribution in [2.75, 3.05) is 13.7 Å². The molecular weight excluding hydrogens is 466 g/mol. The number of hydrogen-bond donors (Lipinski definition) is 2. The lowest BCUT2D eigenvalue weighted by atomic mass is 10.0. The van der Waals surface area contributed by atoms with Gasteiger partial charge in [0.25, 0.3) is 0 Å². The molecule has 0 saturated carbocycles. The second-order valence-electron chi connectivity index (χ2n) is 9.50. The van der Waals surface area contributed by atoms with E-state index in [9.17, 15) is 13.2 Å². The molecule has 1 amide bonds. The predicted octanol–water partition coefficient (Wildman–Crippen LogP) is 4.03. The third-order valence-corrected chi connectivity index (χ3v) is 7.56. The molecule has 3 rings (SSSR count). The number of aromatic amines is 1. The monoisotopic (exact) mass is 501 g/mol. The fraction of sp³-hybridized carbons (Fsp3) is 0.480. The number of sulfonamides is 1. The number of carbonyl (C=O) groups excluding carboxylic acids is 1. The molecule has 0 aliphatic heterocycles. The number of aryl methyl sites for hydroxylation is 1. The van der Waals surface area contributed by atoms with Gasteiger partial charge in [-0.2, -0.15) is 4.31 Å². The molecule has 3 aromatic rings. The average molecular weight is 502 g/mol. The van der Waals surface area contributed by atoms with Gasteiger partial charge in [0.15, 0.2) is 0 Å². The van der Waals surface area contributed by atoms with Gasteiger partial charge in [-0.1, -0.05) is 26.0 Å². The summed E-state index contributed by atoms with van der Waals surface area (Å²) in [7, 11) is -2.25. The minimum absolute atomic E-state index is 0.0245. The molecule has 0 fully saturated rings. The molecule has 2 aromatic heterocycles. The molecular formula is C25H35N5O4S. The van der Waals surface area contributed by atoms with Crippen LogP contribution in [0.3, 0.4) is 0 Å². The standard InChI is InChI=1S/C25H35N5O4S/c1-16(2)13-20(15-34-25(31)27-17(3)4)30(6)35(32,33)21-9-7-19(8-10-21)14-23-24-22(11-12-26-23)28-18(5)29-24/h7-12,16-17,20H,13-15H2,1-6H3,(H,27,31)(H,28,29)/t20-/m0/s1. The highest BCUT2D eigenvalue weighted by atomic mass is 32.2. The number of hydrogen-bond acceptors (Lipinski definition) is 6. The molecule has 10 heteroatoms. The summed E-state index contributed by atoms with van der Waals surface area (Å²) in [5.74, 6) is 1.04. The van der Waals surface area contributed by atoms with Crippen LogP contribution in [0.15, 0.2) is 41.4 Å². The Morgan fingerprint density at radius 2 is 1.83 bits per heavy atom. The smallest absolute Gasteiger partial charge is 0.407 e. The first-order valence-electron chi connectivity index (χ1n) is 11.8. The third-order valence-electron chi connectivity index (χ3n) is 5.64. The molecule has 190 valence electrons. The zero-order chi connectivity index (χ0) is 25.8. The lowest BCUT2D eigenvalue weighted by molar-refractivity contribution is 0.113. The van der Waals surface area contributed by atoms with Gasteiger partial charge in [-0.25, -0.2) is 18.2 Å². The Bertz CT molecular complexity index is 1250. The van der Waals surface area contributed by atoms with E-state index in [0.29, 0.717) is 12.8 Å². The summed E-state index contributed by atoms with van der Waals surface area (Å²) in [4.78, 5) is 24.3. The van der Waals surface area contributed by atoms with Crippen LogP contribution >= 0.6 is 0 Å². The molecule has 0 spiro atoms. The normalized spacial score (nSPS) is 13.1. The zero-order valence-corrected chi connectivity index (χ0v) is 22.0. The number of nitrogens with zero attached hydrogens (tertiary/aromatic N) is 3. The molecule has 1 aromatic carbocycles. The first-order valence-corrected chi connectivity index (χ1v) is 13.2. The third kappa shape index (κ3) is 6.79. The van der Waals surface area contributed by atoms with Crippen LogP contribution in [-0.2, 0) is 21.2 Å². The Hall–Kier alpha value is -2.98. The molecule has 2 N–H and O–H groups in total. The number of benzene rings is 1. The van der Waals surface area contributed by atoms with Crippen molar-refractivity contribution in [1.82, 2.24) is 24.6 Å². The van der Waals surface area contributed by atoms with Gasteiger partial charge in [0, 0.05) is 25.7 Å². The van der Waals surface area contributed by atoms with E-state index in [4.69, 9.17) is 4.74 Å². The SMILES string of the molecule is Cc1nc2c(Cc3ccc(S(=O)(=O)N(C)[C@H](COC(=O)NC(C)C)CC(C)C)cc3)nccc2[nH]1. The maximum absolute atomic E-state index is 13.4. The van der Waals surface area contributed by atoms with E-state index < -0.39 is 22.2 Å². The highest BCUT2D eigenvalue weighted by Crippen LogP contribution is 2.23. The molecule has 2 heterocycles. The van der Waals surface area contributed by atoms with Crippen molar-refractivity contribution in [3.05, 3.63) is 53.6 Å². The second-order valence-corrected chi connectivity index (χ2v) is 11.5. The maximum atomic E-state index is 13.4. The van der Waals surface area contributed by atoms with Crippen molar-refractivity contribution in [3.63, 3.8) is 0 Å². The molecule has 0 aliphatic rings. The van der Waals surface area contributed by atoms with Crippen LogP contribution in [0.2, 0.25) is 0 Å². The van der Waals surface area contributed by atoms with Crippen LogP contribution in [0.5, 0.6) is 0 Å². The van der Waals surface area contributed by atoms with Gasteiger partial charge in [-0.3, -0.25) is 4.98 Å². The molecule has 0 saturated heterocycles. The van der Waals surface area contributed by atoms with Gasteiger partial charge in [0.1, 0.15) is 17.9 Å². The van der Waals surface area contributed by atoms with Gasteiger partial charge in [0.05, 0.1) is 22.1 Å². The number of likely N-dealkylation sites (N-methyl/N-ethyl adjacent to an activating group) is 1. The fourth-order valence-corrected chi connectivity index (χ4v) is 5.24. The number of H-pyrrole nitrogens is 1. The predicted molar refractivity (Wildman–Crippen MR) is 136 cm³/mol. The zero-order valence-electron chi connectivity index (χ0n) is 21.2. The Morgan fingerprint density at radius 1 is 1.14 bits per heavy atom. The number of fused-ring (bicyclic) bond motifs is 1. The van der Waals surface area contributed by atoms with Crippen LogP contribution in [-0.4, -0.2) is 59.5 Å². The van der Waals surface area contributed by atoms with Crippen molar-refractivity contribution in [3.8, 4) is 0 Å². The second kappa shape index (κ2) is 11.2. The summed E-state index contributed by atoms with van der Waals surface area (Å²) in [5, 5.41) is 2.66. The van der Waals surface area contributed by atoms with Crippen LogP contribution in [0.4, 0.5) is 4.79 Å². The molecule has 0 bridgehead atoms. The summed E-state index contributed by atoms with van der Waals surface area (Å²) in [5.41, 5.74) is 3.50. The lowest BCUT2D eigenvalue weighted by Crippen LogP contribution is -2.42. The van der Waals surface area contributed by atoms with Crippen molar-refractivity contribution in [1.29, 1.82) is 0 Å². The van der Waals surface area contributed by atoms with Gasteiger partial charge >= 0.3 is 6.09 Å². The summed E-state index contributed by atoms with van der Waals surface area (Å²) in [6.45, 7) is 9.55. The first-order chi connectivity index (χ1) is 16.5. The molecule has 0 aliphatic carbocycles.